The molecular weight excluding hydrogens is 466 g/mol. The van der Waals surface area contributed by atoms with Crippen LogP contribution in [0.15, 0.2) is 42.5 Å². The lowest BCUT2D eigenvalue weighted by molar-refractivity contribution is -0.143. The zero-order chi connectivity index (χ0) is 24.6. The molecule has 1 saturated carbocycles. The molecule has 2 heterocycles. The first-order valence-electron chi connectivity index (χ1n) is 11.9. The normalized spacial score (nSPS) is 17.3. The highest BCUT2D eigenvalue weighted by atomic mass is 32.2. The van der Waals surface area contributed by atoms with Crippen molar-refractivity contribution < 1.29 is 22.6 Å². The van der Waals surface area contributed by atoms with Gasteiger partial charge in [-0.3, -0.25) is 4.72 Å². The first kappa shape index (κ1) is 23.7. The number of rotatable bonds is 7. The summed E-state index contributed by atoms with van der Waals surface area (Å²) in [7, 11) is -3.43. The lowest BCUT2D eigenvalue weighted by atomic mass is 9.92. The highest BCUT2D eigenvalue weighted by Crippen LogP contribution is 2.43. The number of ether oxygens (including phenoxy) is 3. The zero-order valence-corrected chi connectivity index (χ0v) is 20.7. The lowest BCUT2D eigenvalue weighted by Gasteiger charge is -2.30. The fourth-order valence-corrected chi connectivity index (χ4v) is 5.19. The van der Waals surface area contributed by atoms with Crippen LogP contribution in [0, 0.1) is 11.3 Å². The summed E-state index contributed by atoms with van der Waals surface area (Å²) in [6, 6.07) is 15.8. The molecule has 2 fully saturated rings. The average molecular weight is 496 g/mol. The second-order valence-corrected chi connectivity index (χ2v) is 11.6. The fourth-order valence-electron chi connectivity index (χ4n) is 4.49. The minimum absolute atomic E-state index is 0.193. The Hall–Kier alpha value is -3.06. The number of nitriles is 1. The Morgan fingerprint density at radius 2 is 1.83 bits per heavy atom. The molecule has 35 heavy (non-hydrogen) atoms. The van der Waals surface area contributed by atoms with E-state index >= 15 is 0 Å². The Morgan fingerprint density at radius 3 is 2.43 bits per heavy atom. The van der Waals surface area contributed by atoms with Gasteiger partial charge in [-0.25, -0.2) is 8.42 Å². The molecule has 5 rings (SSSR count). The van der Waals surface area contributed by atoms with Gasteiger partial charge in [0, 0.05) is 17.1 Å². The Bertz CT molecular complexity index is 1360. The number of benzene rings is 2. The number of sulfonamides is 1. The number of fused-ring (bicyclic) bond motifs is 1. The van der Waals surface area contributed by atoms with E-state index < -0.39 is 15.3 Å². The van der Waals surface area contributed by atoms with Crippen LogP contribution >= 0.6 is 0 Å². The number of hydrogen-bond donors (Lipinski definition) is 1. The molecule has 0 unspecified atom stereocenters. The molecule has 2 aliphatic rings. The van der Waals surface area contributed by atoms with Crippen LogP contribution in [-0.2, 0) is 19.5 Å². The molecule has 9 heteroatoms. The van der Waals surface area contributed by atoms with Crippen molar-refractivity contribution in [3.63, 3.8) is 0 Å². The highest BCUT2D eigenvalue weighted by Gasteiger charge is 2.28. The first-order chi connectivity index (χ1) is 16.9. The van der Waals surface area contributed by atoms with Gasteiger partial charge in [0.05, 0.1) is 35.2 Å². The number of aromatic nitrogens is 1. The quantitative estimate of drug-likeness (QED) is 0.505. The summed E-state index contributed by atoms with van der Waals surface area (Å²) >= 11 is 0. The van der Waals surface area contributed by atoms with Gasteiger partial charge < -0.3 is 18.8 Å². The van der Waals surface area contributed by atoms with Crippen molar-refractivity contribution in [3.8, 4) is 23.1 Å². The van der Waals surface area contributed by atoms with Gasteiger partial charge in [-0.2, -0.15) is 5.26 Å². The Balaban J connectivity index is 1.55. The molecule has 0 atom stereocenters. The summed E-state index contributed by atoms with van der Waals surface area (Å²) in [6.07, 6.45) is 3.08. The van der Waals surface area contributed by atoms with Crippen LogP contribution in [0.5, 0.6) is 5.75 Å². The van der Waals surface area contributed by atoms with Crippen molar-refractivity contribution >= 4 is 26.6 Å². The summed E-state index contributed by atoms with van der Waals surface area (Å²) in [5, 5.41) is 10.5. The van der Waals surface area contributed by atoms with E-state index in [2.05, 4.69) is 15.4 Å². The number of anilines is 1. The Labute approximate surface area is 205 Å². The van der Waals surface area contributed by atoms with Crippen LogP contribution in [0.25, 0.3) is 22.2 Å². The van der Waals surface area contributed by atoms with E-state index in [1.54, 1.807) is 26.0 Å². The van der Waals surface area contributed by atoms with E-state index in [4.69, 9.17) is 14.2 Å². The van der Waals surface area contributed by atoms with Crippen LogP contribution < -0.4 is 9.46 Å². The zero-order valence-electron chi connectivity index (χ0n) is 19.9. The summed E-state index contributed by atoms with van der Waals surface area (Å²) in [4.78, 5) is 0. The van der Waals surface area contributed by atoms with E-state index in [9.17, 15) is 13.7 Å². The smallest absolute Gasteiger partial charge is 0.235 e. The van der Waals surface area contributed by atoms with Crippen LogP contribution in [0.1, 0.15) is 44.7 Å². The van der Waals surface area contributed by atoms with E-state index in [1.807, 2.05) is 30.3 Å². The van der Waals surface area contributed by atoms with Gasteiger partial charge in [0.15, 0.2) is 0 Å². The van der Waals surface area contributed by atoms with Gasteiger partial charge in [-0.15, -0.1) is 0 Å². The van der Waals surface area contributed by atoms with E-state index in [1.165, 1.54) is 0 Å². The third-order valence-corrected chi connectivity index (χ3v) is 8.40. The number of nitrogens with one attached hydrogen (secondary N) is 1. The highest BCUT2D eigenvalue weighted by molar-refractivity contribution is 7.93. The largest absolute Gasteiger partial charge is 0.486 e. The topological polar surface area (TPSA) is 103 Å². The molecule has 2 aromatic carbocycles. The van der Waals surface area contributed by atoms with Crippen molar-refractivity contribution in [1.29, 1.82) is 5.26 Å². The van der Waals surface area contributed by atoms with E-state index in [-0.39, 0.29) is 12.9 Å². The van der Waals surface area contributed by atoms with Gasteiger partial charge in [-0.05, 0) is 69.0 Å². The molecule has 184 valence electrons. The van der Waals surface area contributed by atoms with Crippen molar-refractivity contribution in [2.24, 2.45) is 0 Å². The first-order valence-corrected chi connectivity index (χ1v) is 13.4. The predicted molar refractivity (Wildman–Crippen MR) is 134 cm³/mol. The van der Waals surface area contributed by atoms with Gasteiger partial charge >= 0.3 is 0 Å². The molecule has 1 aliphatic heterocycles. The van der Waals surface area contributed by atoms with Crippen molar-refractivity contribution in [1.82, 2.24) is 4.57 Å². The third kappa shape index (κ3) is 4.61. The van der Waals surface area contributed by atoms with E-state index in [0.717, 1.165) is 41.4 Å². The Kier molecular flexibility index (Phi) is 6.45. The molecule has 1 aliphatic carbocycles. The second-order valence-electron chi connectivity index (χ2n) is 9.34. The van der Waals surface area contributed by atoms with Gasteiger partial charge in [0.1, 0.15) is 24.7 Å². The maximum atomic E-state index is 12.3. The standard InChI is InChI=1S/C26H29N3O5S/c1-17(2)35(30,31)28-19-8-6-18(7-9-19)26-24(13-27)23-12-21(34-22-14-32-16-33-15-22)10-11-25(23)29(26)20-4-3-5-20/h6-12,17,20,22,28H,3-5,14-16H2,1-2H3. The Morgan fingerprint density at radius 1 is 1.11 bits per heavy atom. The summed E-state index contributed by atoms with van der Waals surface area (Å²) in [5.74, 6) is 0.670. The summed E-state index contributed by atoms with van der Waals surface area (Å²) in [5.41, 5.74) is 3.80. The molecule has 0 amide bonds. The molecular formula is C26H29N3O5S. The SMILES string of the molecule is CC(C)S(=O)(=O)Nc1ccc(-c2c(C#N)c3cc(OC4COCOC4)ccc3n2C2CCC2)cc1. The summed E-state index contributed by atoms with van der Waals surface area (Å²) in [6.45, 7) is 4.48. The van der Waals surface area contributed by atoms with Crippen LogP contribution in [0.2, 0.25) is 0 Å². The second kappa shape index (κ2) is 9.53. The maximum Gasteiger partial charge on any atom is 0.235 e. The number of hydrogen-bond acceptors (Lipinski definition) is 6. The minimum atomic E-state index is -3.43. The predicted octanol–water partition coefficient (Wildman–Crippen LogP) is 4.81. The van der Waals surface area contributed by atoms with Gasteiger partial charge in [0.2, 0.25) is 10.0 Å². The maximum absolute atomic E-state index is 12.3. The molecule has 1 aromatic heterocycles. The van der Waals surface area contributed by atoms with Gasteiger partial charge in [-0.1, -0.05) is 12.1 Å². The van der Waals surface area contributed by atoms with Crippen LogP contribution in [0.3, 0.4) is 0 Å². The molecule has 3 aromatic rings. The average Bonchev–Trinajstić information content (AvgIpc) is 3.12. The van der Waals surface area contributed by atoms with Crippen molar-refractivity contribution in [3.05, 3.63) is 48.0 Å². The molecule has 0 radical (unpaired) electrons. The molecule has 0 spiro atoms. The molecule has 8 nitrogen and oxygen atoms in total. The van der Waals surface area contributed by atoms with Crippen LogP contribution in [0.4, 0.5) is 5.69 Å². The molecule has 0 bridgehead atoms. The number of nitrogens with zero attached hydrogens (tertiary/aromatic N) is 2. The lowest BCUT2D eigenvalue weighted by Crippen LogP contribution is -2.33. The minimum Gasteiger partial charge on any atom is -0.486 e. The molecule has 1 N–H and O–H groups in total. The van der Waals surface area contributed by atoms with Gasteiger partial charge in [0.25, 0.3) is 0 Å². The van der Waals surface area contributed by atoms with Crippen molar-refractivity contribution in [2.75, 3.05) is 24.7 Å². The van der Waals surface area contributed by atoms with Crippen molar-refractivity contribution in [2.45, 2.75) is 50.5 Å². The summed E-state index contributed by atoms with van der Waals surface area (Å²) < 4.78 is 46.1. The third-order valence-electron chi connectivity index (χ3n) is 6.64. The molecule has 1 saturated heterocycles. The van der Waals surface area contributed by atoms with Crippen LogP contribution in [-0.4, -0.2) is 44.3 Å². The van der Waals surface area contributed by atoms with E-state index in [0.29, 0.717) is 36.3 Å². The monoisotopic (exact) mass is 495 g/mol. The fraction of sp³-hybridized carbons (Fsp3) is 0.423.